The highest BCUT2D eigenvalue weighted by atomic mass is 16.5. The van der Waals surface area contributed by atoms with E-state index in [0.717, 1.165) is 16.5 Å². The molecule has 0 unspecified atom stereocenters. The monoisotopic (exact) mass is 438 g/mol. The van der Waals surface area contributed by atoms with E-state index >= 15 is 0 Å². The highest BCUT2D eigenvalue weighted by molar-refractivity contribution is 6.43. The lowest BCUT2D eigenvalue weighted by Crippen LogP contribution is -2.65. The molecule has 1 aliphatic heterocycles. The molecular formula is C24H26N2O6. The summed E-state index contributed by atoms with van der Waals surface area (Å²) in [5, 5.41) is 3.68. The van der Waals surface area contributed by atoms with E-state index in [0.29, 0.717) is 17.0 Å². The minimum atomic E-state index is -0.730. The van der Waals surface area contributed by atoms with Crippen LogP contribution in [0.2, 0.25) is 0 Å². The van der Waals surface area contributed by atoms with E-state index in [1.54, 1.807) is 31.7 Å². The molecule has 1 aromatic carbocycles. The Morgan fingerprint density at radius 1 is 1.19 bits per heavy atom. The van der Waals surface area contributed by atoms with Crippen molar-refractivity contribution in [3.63, 3.8) is 0 Å². The molecule has 32 heavy (non-hydrogen) atoms. The first-order valence-electron chi connectivity index (χ1n) is 10.3. The summed E-state index contributed by atoms with van der Waals surface area (Å²) >= 11 is 0. The van der Waals surface area contributed by atoms with Crippen LogP contribution in [0.25, 0.3) is 11.0 Å². The second-order valence-electron chi connectivity index (χ2n) is 8.38. The molecule has 0 atom stereocenters. The van der Waals surface area contributed by atoms with E-state index in [4.69, 9.17) is 13.9 Å². The van der Waals surface area contributed by atoms with Crippen molar-refractivity contribution in [1.82, 2.24) is 9.88 Å². The third-order valence-corrected chi connectivity index (χ3v) is 6.07. The molecule has 8 heteroatoms. The largest absolute Gasteiger partial charge is 0.464 e. The number of furan rings is 1. The SMILES string of the molecule is COCC1(NC(=O)C(=O)c2c(C)c(C(=O)Cc3ccc4occc4c3)n(C)c2C)COC1. The number of carbonyl (C=O) groups is 3. The molecule has 0 aliphatic carbocycles. The van der Waals surface area contributed by atoms with Gasteiger partial charge in [-0.05, 0) is 43.2 Å². The van der Waals surface area contributed by atoms with Crippen molar-refractivity contribution in [2.75, 3.05) is 26.9 Å². The summed E-state index contributed by atoms with van der Waals surface area (Å²) in [4.78, 5) is 38.9. The number of methoxy groups -OCH3 is 1. The molecule has 0 bridgehead atoms. The van der Waals surface area contributed by atoms with Gasteiger partial charge >= 0.3 is 0 Å². The van der Waals surface area contributed by atoms with Gasteiger partial charge in [-0.3, -0.25) is 14.4 Å². The van der Waals surface area contributed by atoms with Crippen molar-refractivity contribution in [3.05, 3.63) is 58.6 Å². The molecule has 1 amide bonds. The average Bonchev–Trinajstić information content (AvgIpc) is 3.27. The maximum absolute atomic E-state index is 13.2. The molecule has 1 saturated heterocycles. The van der Waals surface area contributed by atoms with Crippen molar-refractivity contribution < 1.29 is 28.3 Å². The van der Waals surface area contributed by atoms with Gasteiger partial charge < -0.3 is 23.8 Å². The zero-order chi connectivity index (χ0) is 23.0. The summed E-state index contributed by atoms with van der Waals surface area (Å²) in [7, 11) is 3.26. The number of nitrogens with one attached hydrogen (secondary N) is 1. The van der Waals surface area contributed by atoms with Gasteiger partial charge in [-0.15, -0.1) is 0 Å². The molecule has 0 saturated carbocycles. The lowest BCUT2D eigenvalue weighted by Gasteiger charge is -2.41. The standard InChI is InChI=1S/C24H26N2O6/c1-14-20(22(28)23(29)25-24(11-30-4)12-31-13-24)15(2)26(3)21(14)18(27)10-16-5-6-19-17(9-16)7-8-32-19/h5-9H,10-13H2,1-4H3,(H,25,29). The van der Waals surface area contributed by atoms with Gasteiger partial charge in [-0.25, -0.2) is 0 Å². The Bertz CT molecular complexity index is 1210. The van der Waals surface area contributed by atoms with Crippen LogP contribution in [0.15, 0.2) is 34.9 Å². The van der Waals surface area contributed by atoms with E-state index < -0.39 is 17.2 Å². The summed E-state index contributed by atoms with van der Waals surface area (Å²) in [5.41, 5.74) is 2.67. The van der Waals surface area contributed by atoms with Gasteiger partial charge in [0.05, 0.1) is 37.3 Å². The number of aromatic nitrogens is 1. The highest BCUT2D eigenvalue weighted by Gasteiger charge is 2.42. The number of amides is 1. The Hall–Kier alpha value is -3.23. The number of carbonyl (C=O) groups excluding carboxylic acids is 3. The fourth-order valence-corrected chi connectivity index (χ4v) is 4.33. The van der Waals surface area contributed by atoms with Gasteiger partial charge in [0.25, 0.3) is 11.7 Å². The predicted octanol–water partition coefficient (Wildman–Crippen LogP) is 2.53. The molecule has 1 N–H and O–H groups in total. The van der Waals surface area contributed by atoms with Crippen molar-refractivity contribution in [3.8, 4) is 0 Å². The predicted molar refractivity (Wildman–Crippen MR) is 117 cm³/mol. The minimum Gasteiger partial charge on any atom is -0.464 e. The lowest BCUT2D eigenvalue weighted by molar-refractivity contribution is -0.135. The molecule has 0 radical (unpaired) electrons. The topological polar surface area (TPSA) is 99.8 Å². The molecule has 3 heterocycles. The molecule has 2 aromatic heterocycles. The first-order chi connectivity index (χ1) is 15.3. The van der Waals surface area contributed by atoms with Crippen LogP contribution in [0.3, 0.4) is 0 Å². The van der Waals surface area contributed by atoms with E-state index in [2.05, 4.69) is 5.32 Å². The highest BCUT2D eigenvalue weighted by Crippen LogP contribution is 2.25. The number of hydrogen-bond acceptors (Lipinski definition) is 6. The van der Waals surface area contributed by atoms with Crippen LogP contribution in [0.5, 0.6) is 0 Å². The van der Waals surface area contributed by atoms with E-state index in [1.165, 1.54) is 7.11 Å². The average molecular weight is 438 g/mol. The van der Waals surface area contributed by atoms with Crippen LogP contribution in [-0.4, -0.2) is 54.5 Å². The molecular weight excluding hydrogens is 412 g/mol. The molecule has 0 spiro atoms. The fourth-order valence-electron chi connectivity index (χ4n) is 4.33. The first kappa shape index (κ1) is 22.0. The van der Waals surface area contributed by atoms with Crippen molar-refractivity contribution >= 4 is 28.4 Å². The van der Waals surface area contributed by atoms with Crippen LogP contribution in [0, 0.1) is 13.8 Å². The van der Waals surface area contributed by atoms with Crippen molar-refractivity contribution in [1.29, 1.82) is 0 Å². The number of Topliss-reactive ketones (excluding diaryl/α,β-unsaturated/α-hetero) is 2. The molecule has 3 aromatic rings. The third kappa shape index (κ3) is 3.76. The van der Waals surface area contributed by atoms with Crippen molar-refractivity contribution in [2.45, 2.75) is 25.8 Å². The van der Waals surface area contributed by atoms with Crippen LogP contribution in [0.4, 0.5) is 0 Å². The second-order valence-corrected chi connectivity index (χ2v) is 8.38. The fraction of sp³-hybridized carbons (Fsp3) is 0.375. The Labute approximate surface area is 185 Å². The Morgan fingerprint density at radius 3 is 2.59 bits per heavy atom. The quantitative estimate of drug-likeness (QED) is 0.429. The second kappa shape index (κ2) is 8.37. The van der Waals surface area contributed by atoms with Gasteiger partial charge in [-0.1, -0.05) is 6.07 Å². The van der Waals surface area contributed by atoms with E-state index in [-0.39, 0.29) is 37.6 Å². The number of ketones is 2. The summed E-state index contributed by atoms with van der Waals surface area (Å²) in [5.74, 6) is -1.53. The lowest BCUT2D eigenvalue weighted by atomic mass is 9.96. The summed E-state index contributed by atoms with van der Waals surface area (Å²) < 4.78 is 17.4. The zero-order valence-electron chi connectivity index (χ0n) is 18.6. The number of benzene rings is 1. The van der Waals surface area contributed by atoms with Gasteiger partial charge in [-0.2, -0.15) is 0 Å². The molecule has 8 nitrogen and oxygen atoms in total. The van der Waals surface area contributed by atoms with Crippen LogP contribution in [-0.2, 0) is 27.7 Å². The number of nitrogens with zero attached hydrogens (tertiary/aromatic N) is 1. The third-order valence-electron chi connectivity index (χ3n) is 6.07. The van der Waals surface area contributed by atoms with Crippen LogP contribution in [0.1, 0.15) is 37.7 Å². The number of rotatable bonds is 8. The summed E-state index contributed by atoms with van der Waals surface area (Å²) in [6.45, 7) is 4.27. The number of fused-ring (bicyclic) bond motifs is 1. The minimum absolute atomic E-state index is 0.126. The molecule has 4 rings (SSSR count). The number of hydrogen-bond donors (Lipinski definition) is 1. The molecule has 168 valence electrons. The van der Waals surface area contributed by atoms with E-state index in [1.807, 2.05) is 24.3 Å². The first-order valence-corrected chi connectivity index (χ1v) is 10.3. The van der Waals surface area contributed by atoms with Gasteiger partial charge in [0.2, 0.25) is 0 Å². The van der Waals surface area contributed by atoms with Crippen LogP contribution < -0.4 is 5.32 Å². The Balaban J connectivity index is 1.58. The zero-order valence-corrected chi connectivity index (χ0v) is 18.6. The normalized spacial score (nSPS) is 14.9. The maximum atomic E-state index is 13.2. The summed E-state index contributed by atoms with van der Waals surface area (Å²) in [6, 6.07) is 7.45. The van der Waals surface area contributed by atoms with Crippen molar-refractivity contribution in [2.24, 2.45) is 7.05 Å². The van der Waals surface area contributed by atoms with Crippen LogP contribution >= 0.6 is 0 Å². The maximum Gasteiger partial charge on any atom is 0.293 e. The molecule has 1 fully saturated rings. The smallest absolute Gasteiger partial charge is 0.293 e. The van der Waals surface area contributed by atoms with Gasteiger partial charge in [0, 0.05) is 31.7 Å². The van der Waals surface area contributed by atoms with Gasteiger partial charge in [0.15, 0.2) is 5.78 Å². The van der Waals surface area contributed by atoms with Gasteiger partial charge in [0.1, 0.15) is 11.1 Å². The number of ether oxygens (including phenoxy) is 2. The Morgan fingerprint density at radius 2 is 1.94 bits per heavy atom. The molecule has 1 aliphatic rings. The Kier molecular flexibility index (Phi) is 5.75. The summed E-state index contributed by atoms with van der Waals surface area (Å²) in [6.07, 6.45) is 1.78. The van der Waals surface area contributed by atoms with E-state index in [9.17, 15) is 14.4 Å².